The molecule has 0 spiro atoms. The van der Waals surface area contributed by atoms with Crippen LogP contribution in [0.2, 0.25) is 0 Å². The Bertz CT molecular complexity index is 658. The fourth-order valence-corrected chi connectivity index (χ4v) is 2.39. The topological polar surface area (TPSA) is 55.1 Å². The number of thiazole rings is 1. The Morgan fingerprint density at radius 3 is 3.11 bits per heavy atom. The van der Waals surface area contributed by atoms with Crippen molar-refractivity contribution in [3.8, 4) is 0 Å². The van der Waals surface area contributed by atoms with Crippen molar-refractivity contribution in [2.75, 3.05) is 5.32 Å². The molecule has 0 aliphatic heterocycles. The molecule has 18 heavy (non-hydrogen) atoms. The predicted molar refractivity (Wildman–Crippen MR) is 71.9 cm³/mol. The highest BCUT2D eigenvalue weighted by Crippen LogP contribution is 2.19. The third kappa shape index (κ3) is 2.06. The molecule has 0 aromatic carbocycles. The highest BCUT2D eigenvalue weighted by molar-refractivity contribution is 7.09. The van der Waals surface area contributed by atoms with Gasteiger partial charge in [0, 0.05) is 17.8 Å². The number of aryl methyl sites for hydroxylation is 1. The van der Waals surface area contributed by atoms with Gasteiger partial charge in [-0.2, -0.15) is 4.98 Å². The second kappa shape index (κ2) is 4.38. The molecule has 0 fully saturated rings. The zero-order valence-electron chi connectivity index (χ0n) is 10.2. The lowest BCUT2D eigenvalue weighted by molar-refractivity contribution is 0.842. The standard InChI is InChI=1S/C12H13N5S/c1-8-3-5-17-10(7-8)15-12(16-17)14-9(2)11-13-4-6-18-11/h3-7,9H,1-2H3,(H,14,16). The lowest BCUT2D eigenvalue weighted by Gasteiger charge is -2.07. The van der Waals surface area contributed by atoms with Gasteiger partial charge >= 0.3 is 0 Å². The summed E-state index contributed by atoms with van der Waals surface area (Å²) in [6, 6.07) is 4.13. The van der Waals surface area contributed by atoms with Crippen LogP contribution in [0.4, 0.5) is 5.95 Å². The summed E-state index contributed by atoms with van der Waals surface area (Å²) in [4.78, 5) is 8.72. The van der Waals surface area contributed by atoms with Crippen LogP contribution in [0, 0.1) is 6.92 Å². The number of fused-ring (bicyclic) bond motifs is 1. The van der Waals surface area contributed by atoms with Gasteiger partial charge in [0.25, 0.3) is 0 Å². The van der Waals surface area contributed by atoms with Gasteiger partial charge in [0.2, 0.25) is 5.95 Å². The molecule has 0 radical (unpaired) electrons. The zero-order chi connectivity index (χ0) is 12.5. The Labute approximate surface area is 109 Å². The quantitative estimate of drug-likeness (QED) is 0.785. The lowest BCUT2D eigenvalue weighted by atomic mass is 10.3. The molecule has 92 valence electrons. The Morgan fingerprint density at radius 1 is 1.44 bits per heavy atom. The van der Waals surface area contributed by atoms with E-state index in [0.717, 1.165) is 10.7 Å². The van der Waals surface area contributed by atoms with E-state index in [4.69, 9.17) is 0 Å². The molecular weight excluding hydrogens is 246 g/mol. The van der Waals surface area contributed by atoms with Crippen LogP contribution in [0.1, 0.15) is 23.5 Å². The molecule has 3 rings (SSSR count). The first-order valence-corrected chi connectivity index (χ1v) is 6.59. The number of pyridine rings is 1. The maximum atomic E-state index is 4.44. The summed E-state index contributed by atoms with van der Waals surface area (Å²) in [5.41, 5.74) is 2.03. The highest BCUT2D eigenvalue weighted by atomic mass is 32.1. The SMILES string of the molecule is Cc1ccn2nc(NC(C)c3nccs3)nc2c1. The van der Waals surface area contributed by atoms with Gasteiger partial charge in [-0.15, -0.1) is 16.4 Å². The van der Waals surface area contributed by atoms with E-state index in [-0.39, 0.29) is 6.04 Å². The van der Waals surface area contributed by atoms with E-state index in [9.17, 15) is 0 Å². The fraction of sp³-hybridized carbons (Fsp3) is 0.250. The Morgan fingerprint density at radius 2 is 2.33 bits per heavy atom. The summed E-state index contributed by atoms with van der Waals surface area (Å²) < 4.78 is 1.77. The van der Waals surface area contributed by atoms with Gasteiger partial charge < -0.3 is 5.32 Å². The van der Waals surface area contributed by atoms with Crippen LogP contribution in [-0.4, -0.2) is 19.6 Å². The molecule has 3 heterocycles. The lowest BCUT2D eigenvalue weighted by Crippen LogP contribution is -2.07. The van der Waals surface area contributed by atoms with Crippen molar-refractivity contribution < 1.29 is 0 Å². The van der Waals surface area contributed by atoms with Crippen LogP contribution in [0.3, 0.4) is 0 Å². The molecule has 0 bridgehead atoms. The number of hydrogen-bond acceptors (Lipinski definition) is 5. The normalized spacial score (nSPS) is 12.8. The molecule has 0 saturated carbocycles. The molecule has 6 heteroatoms. The highest BCUT2D eigenvalue weighted by Gasteiger charge is 2.11. The molecule has 3 aromatic heterocycles. The molecule has 0 aliphatic carbocycles. The maximum absolute atomic E-state index is 4.44. The van der Waals surface area contributed by atoms with E-state index in [1.165, 1.54) is 5.56 Å². The first-order chi connectivity index (χ1) is 8.72. The molecule has 3 aromatic rings. The van der Waals surface area contributed by atoms with E-state index >= 15 is 0 Å². The molecule has 1 atom stereocenters. The van der Waals surface area contributed by atoms with Gasteiger partial charge in [-0.05, 0) is 31.5 Å². The second-order valence-corrected chi connectivity index (χ2v) is 5.10. The number of nitrogens with zero attached hydrogens (tertiary/aromatic N) is 4. The van der Waals surface area contributed by atoms with Gasteiger partial charge in [-0.1, -0.05) is 0 Å². The molecule has 0 amide bonds. The van der Waals surface area contributed by atoms with Gasteiger partial charge in [-0.3, -0.25) is 0 Å². The molecule has 1 N–H and O–H groups in total. The van der Waals surface area contributed by atoms with Gasteiger partial charge in [0.05, 0.1) is 6.04 Å². The van der Waals surface area contributed by atoms with Crippen molar-refractivity contribution in [1.29, 1.82) is 0 Å². The van der Waals surface area contributed by atoms with Gasteiger partial charge in [-0.25, -0.2) is 9.50 Å². The predicted octanol–water partition coefficient (Wildman–Crippen LogP) is 2.67. The van der Waals surface area contributed by atoms with Crippen molar-refractivity contribution in [2.24, 2.45) is 0 Å². The summed E-state index contributed by atoms with van der Waals surface area (Å²) in [7, 11) is 0. The van der Waals surface area contributed by atoms with Gasteiger partial charge in [0.15, 0.2) is 5.65 Å². The monoisotopic (exact) mass is 259 g/mol. The van der Waals surface area contributed by atoms with E-state index < -0.39 is 0 Å². The first kappa shape index (κ1) is 11.2. The number of anilines is 1. The first-order valence-electron chi connectivity index (χ1n) is 5.71. The van der Waals surface area contributed by atoms with E-state index in [2.05, 4.69) is 27.3 Å². The van der Waals surface area contributed by atoms with Crippen molar-refractivity contribution in [2.45, 2.75) is 19.9 Å². The summed E-state index contributed by atoms with van der Waals surface area (Å²) >= 11 is 1.62. The minimum Gasteiger partial charge on any atom is -0.344 e. The van der Waals surface area contributed by atoms with Crippen molar-refractivity contribution in [3.63, 3.8) is 0 Å². The van der Waals surface area contributed by atoms with E-state index in [1.54, 1.807) is 22.0 Å². The number of hydrogen-bond donors (Lipinski definition) is 1. The van der Waals surface area contributed by atoms with Crippen molar-refractivity contribution >= 4 is 22.9 Å². The smallest absolute Gasteiger partial charge is 0.243 e. The minimum atomic E-state index is 0.114. The summed E-state index contributed by atoms with van der Waals surface area (Å²) in [5, 5.41) is 10.6. The second-order valence-electron chi connectivity index (χ2n) is 4.18. The van der Waals surface area contributed by atoms with Gasteiger partial charge in [0.1, 0.15) is 5.01 Å². The largest absolute Gasteiger partial charge is 0.344 e. The zero-order valence-corrected chi connectivity index (χ0v) is 11.0. The van der Waals surface area contributed by atoms with E-state index in [0.29, 0.717) is 5.95 Å². The fourth-order valence-electron chi connectivity index (χ4n) is 1.75. The van der Waals surface area contributed by atoms with E-state index in [1.807, 2.05) is 30.6 Å². The third-order valence-electron chi connectivity index (χ3n) is 2.66. The average Bonchev–Trinajstić information content (AvgIpc) is 2.95. The molecular formula is C12H13N5S. The average molecular weight is 259 g/mol. The van der Waals surface area contributed by atoms with Crippen molar-refractivity contribution in [3.05, 3.63) is 40.5 Å². The molecule has 1 unspecified atom stereocenters. The number of nitrogens with one attached hydrogen (secondary N) is 1. The number of rotatable bonds is 3. The number of aromatic nitrogens is 4. The third-order valence-corrected chi connectivity index (χ3v) is 3.62. The molecule has 0 saturated heterocycles. The molecule has 0 aliphatic rings. The van der Waals surface area contributed by atoms with Crippen LogP contribution in [0.15, 0.2) is 29.9 Å². The summed E-state index contributed by atoms with van der Waals surface area (Å²) in [6.07, 6.45) is 3.72. The maximum Gasteiger partial charge on any atom is 0.243 e. The summed E-state index contributed by atoms with van der Waals surface area (Å²) in [6.45, 7) is 4.09. The van der Waals surface area contributed by atoms with Crippen LogP contribution in [0.5, 0.6) is 0 Å². The van der Waals surface area contributed by atoms with Crippen LogP contribution < -0.4 is 5.32 Å². The van der Waals surface area contributed by atoms with Crippen LogP contribution >= 0.6 is 11.3 Å². The van der Waals surface area contributed by atoms with Crippen LogP contribution in [0.25, 0.3) is 5.65 Å². The van der Waals surface area contributed by atoms with Crippen molar-refractivity contribution in [1.82, 2.24) is 19.6 Å². The molecule has 5 nitrogen and oxygen atoms in total. The minimum absolute atomic E-state index is 0.114. The Balaban J connectivity index is 1.86. The summed E-state index contributed by atoms with van der Waals surface area (Å²) in [5.74, 6) is 0.628. The Kier molecular flexibility index (Phi) is 2.71. The Hall–Kier alpha value is -1.95. The van der Waals surface area contributed by atoms with Crippen LogP contribution in [-0.2, 0) is 0 Å².